The molecular weight excluding hydrogens is 442 g/mol. The topological polar surface area (TPSA) is 105 Å². The van der Waals surface area contributed by atoms with Crippen molar-refractivity contribution in [3.8, 4) is 11.8 Å². The van der Waals surface area contributed by atoms with Crippen LogP contribution in [0.3, 0.4) is 0 Å². The standard InChI is InChI=1S/C26H29N7O2/c1-16-10-21(16)26(34)30-23-12-22-18(14-29-25(27-2)24(22)32-31-23)5-7-19-6-4-17(13-28-19)11-20-15-35-9-8-33(20)3/h4,6,12-14,16,20-21H,8-11,15H2,1-3H3,(H,27,29)(H,30,31,34)/t16-,20-,21+/m1/s1. The van der Waals surface area contributed by atoms with Crippen LogP contribution in [-0.2, 0) is 16.0 Å². The second kappa shape index (κ2) is 9.94. The number of carbonyl (C=O) groups is 1. The lowest BCUT2D eigenvalue weighted by Crippen LogP contribution is -2.43. The molecule has 3 atom stereocenters. The average molecular weight is 472 g/mol. The third kappa shape index (κ3) is 5.24. The minimum atomic E-state index is -0.0167. The molecule has 1 saturated heterocycles. The number of anilines is 2. The van der Waals surface area contributed by atoms with E-state index >= 15 is 0 Å². The number of ether oxygens (including phenoxy) is 1. The summed E-state index contributed by atoms with van der Waals surface area (Å²) >= 11 is 0. The van der Waals surface area contributed by atoms with Crippen LogP contribution in [0.25, 0.3) is 10.9 Å². The zero-order chi connectivity index (χ0) is 24.4. The van der Waals surface area contributed by atoms with Gasteiger partial charge in [-0.1, -0.05) is 18.9 Å². The van der Waals surface area contributed by atoms with Crippen LogP contribution in [0.15, 0.2) is 30.6 Å². The predicted molar refractivity (Wildman–Crippen MR) is 134 cm³/mol. The van der Waals surface area contributed by atoms with Gasteiger partial charge in [-0.25, -0.2) is 9.97 Å². The van der Waals surface area contributed by atoms with Crippen molar-refractivity contribution in [3.63, 3.8) is 0 Å². The molecule has 0 spiro atoms. The van der Waals surface area contributed by atoms with Crippen LogP contribution in [0.4, 0.5) is 11.6 Å². The van der Waals surface area contributed by atoms with E-state index in [-0.39, 0.29) is 11.8 Å². The number of likely N-dealkylation sites (N-methyl/N-ethyl adjacent to an activating group) is 1. The lowest BCUT2D eigenvalue weighted by Gasteiger charge is -2.32. The molecule has 3 aromatic heterocycles. The van der Waals surface area contributed by atoms with Gasteiger partial charge in [-0.15, -0.1) is 10.2 Å². The van der Waals surface area contributed by atoms with Crippen molar-refractivity contribution in [2.75, 3.05) is 44.5 Å². The van der Waals surface area contributed by atoms with Crippen molar-refractivity contribution >= 4 is 28.4 Å². The molecule has 1 amide bonds. The highest BCUT2D eigenvalue weighted by molar-refractivity contribution is 5.97. The lowest BCUT2D eigenvalue weighted by molar-refractivity contribution is -0.117. The van der Waals surface area contributed by atoms with Crippen molar-refractivity contribution < 1.29 is 9.53 Å². The number of nitrogens with one attached hydrogen (secondary N) is 2. The molecule has 0 bridgehead atoms. The third-order valence-electron chi connectivity index (χ3n) is 6.71. The molecule has 4 heterocycles. The number of nitrogens with zero attached hydrogens (tertiary/aromatic N) is 5. The normalized spacial score (nSPS) is 21.7. The van der Waals surface area contributed by atoms with E-state index in [0.29, 0.717) is 40.4 Å². The Morgan fingerprint density at radius 2 is 2.09 bits per heavy atom. The van der Waals surface area contributed by atoms with E-state index in [1.54, 1.807) is 19.3 Å². The van der Waals surface area contributed by atoms with Gasteiger partial charge in [-0.3, -0.25) is 9.69 Å². The third-order valence-corrected chi connectivity index (χ3v) is 6.71. The summed E-state index contributed by atoms with van der Waals surface area (Å²) in [6.07, 6.45) is 5.38. The maximum absolute atomic E-state index is 12.4. The van der Waals surface area contributed by atoms with Gasteiger partial charge in [0, 0.05) is 43.3 Å². The number of aromatic nitrogens is 4. The number of fused-ring (bicyclic) bond motifs is 1. The van der Waals surface area contributed by atoms with Crippen LogP contribution in [0, 0.1) is 23.7 Å². The van der Waals surface area contributed by atoms with E-state index in [1.165, 1.54) is 0 Å². The molecule has 0 radical (unpaired) electrons. The molecule has 5 rings (SSSR count). The van der Waals surface area contributed by atoms with Crippen LogP contribution in [0.2, 0.25) is 0 Å². The highest BCUT2D eigenvalue weighted by Crippen LogP contribution is 2.38. The fraction of sp³-hybridized carbons (Fsp3) is 0.423. The van der Waals surface area contributed by atoms with Gasteiger partial charge in [0.05, 0.1) is 18.8 Å². The van der Waals surface area contributed by atoms with Crippen LogP contribution >= 0.6 is 0 Å². The monoisotopic (exact) mass is 471 g/mol. The summed E-state index contributed by atoms with van der Waals surface area (Å²) in [6, 6.07) is 6.17. The summed E-state index contributed by atoms with van der Waals surface area (Å²) in [7, 11) is 3.91. The first-order valence-corrected chi connectivity index (χ1v) is 11.9. The minimum Gasteiger partial charge on any atom is -0.378 e. The number of rotatable bonds is 5. The maximum atomic E-state index is 12.4. The number of pyridine rings is 2. The van der Waals surface area contributed by atoms with Gasteiger partial charge in [-0.05, 0) is 49.4 Å². The predicted octanol–water partition coefficient (Wildman–Crippen LogP) is 2.33. The van der Waals surface area contributed by atoms with Gasteiger partial charge >= 0.3 is 0 Å². The zero-order valence-corrected chi connectivity index (χ0v) is 20.2. The first-order valence-electron chi connectivity index (χ1n) is 11.9. The van der Waals surface area contributed by atoms with E-state index in [4.69, 9.17) is 4.74 Å². The first-order chi connectivity index (χ1) is 17.0. The van der Waals surface area contributed by atoms with E-state index in [0.717, 1.165) is 43.5 Å². The van der Waals surface area contributed by atoms with Crippen LogP contribution < -0.4 is 10.6 Å². The van der Waals surface area contributed by atoms with E-state index in [1.807, 2.05) is 12.3 Å². The number of amides is 1. The fourth-order valence-corrected chi connectivity index (χ4v) is 4.26. The van der Waals surface area contributed by atoms with Gasteiger partial charge in [0.2, 0.25) is 5.91 Å². The highest BCUT2D eigenvalue weighted by atomic mass is 16.5. The first kappa shape index (κ1) is 23.1. The molecule has 1 aliphatic carbocycles. The van der Waals surface area contributed by atoms with Crippen LogP contribution in [0.1, 0.15) is 30.2 Å². The highest BCUT2D eigenvalue weighted by Gasteiger charge is 2.39. The van der Waals surface area contributed by atoms with E-state index in [2.05, 4.69) is 67.6 Å². The summed E-state index contributed by atoms with van der Waals surface area (Å²) in [6.45, 7) is 4.55. The SMILES string of the molecule is CNc1ncc(C#Cc2ccc(C[C@@H]3COCCN3C)cn2)c2cc(NC(=O)[C@H]3C[C@H]3C)nnc12. The van der Waals surface area contributed by atoms with Crippen molar-refractivity contribution in [2.45, 2.75) is 25.8 Å². The minimum absolute atomic E-state index is 0.0167. The van der Waals surface area contributed by atoms with Crippen molar-refractivity contribution in [1.29, 1.82) is 0 Å². The van der Waals surface area contributed by atoms with Crippen LogP contribution in [0.5, 0.6) is 0 Å². The van der Waals surface area contributed by atoms with Crippen molar-refractivity contribution in [3.05, 3.63) is 47.4 Å². The van der Waals surface area contributed by atoms with Gasteiger partial charge in [0.1, 0.15) is 11.2 Å². The van der Waals surface area contributed by atoms with Gasteiger partial charge in [-0.2, -0.15) is 0 Å². The molecule has 0 aromatic carbocycles. The zero-order valence-electron chi connectivity index (χ0n) is 20.2. The molecule has 2 N–H and O–H groups in total. The van der Waals surface area contributed by atoms with E-state index in [9.17, 15) is 4.79 Å². The number of hydrogen-bond acceptors (Lipinski definition) is 8. The summed E-state index contributed by atoms with van der Waals surface area (Å²) in [4.78, 5) is 23.7. The second-order valence-corrected chi connectivity index (χ2v) is 9.29. The van der Waals surface area contributed by atoms with E-state index < -0.39 is 0 Å². The molecule has 35 heavy (non-hydrogen) atoms. The Morgan fingerprint density at radius 3 is 2.80 bits per heavy atom. The largest absolute Gasteiger partial charge is 0.378 e. The number of hydrogen-bond donors (Lipinski definition) is 2. The summed E-state index contributed by atoms with van der Waals surface area (Å²) in [5, 5.41) is 15.2. The maximum Gasteiger partial charge on any atom is 0.228 e. The Bertz CT molecular complexity index is 1300. The smallest absolute Gasteiger partial charge is 0.228 e. The molecule has 1 aliphatic heterocycles. The lowest BCUT2D eigenvalue weighted by atomic mass is 10.1. The van der Waals surface area contributed by atoms with Crippen LogP contribution in [-0.4, -0.2) is 70.9 Å². The quantitative estimate of drug-likeness (QED) is 0.547. The molecule has 9 heteroatoms. The molecule has 0 unspecified atom stereocenters. The van der Waals surface area contributed by atoms with Gasteiger partial charge in [0.15, 0.2) is 11.6 Å². The summed E-state index contributed by atoms with van der Waals surface area (Å²) in [5.74, 6) is 7.78. The molecular formula is C26H29N7O2. The Morgan fingerprint density at radius 1 is 1.23 bits per heavy atom. The molecule has 180 valence electrons. The molecule has 2 fully saturated rings. The van der Waals surface area contributed by atoms with Gasteiger partial charge in [0.25, 0.3) is 0 Å². The van der Waals surface area contributed by atoms with Crippen molar-refractivity contribution in [1.82, 2.24) is 25.1 Å². The van der Waals surface area contributed by atoms with Gasteiger partial charge < -0.3 is 15.4 Å². The second-order valence-electron chi connectivity index (χ2n) is 9.29. The molecule has 9 nitrogen and oxygen atoms in total. The Hall–Kier alpha value is -3.61. The summed E-state index contributed by atoms with van der Waals surface area (Å²) in [5.41, 5.74) is 3.12. The Labute approximate surface area is 204 Å². The Kier molecular flexibility index (Phi) is 6.57. The molecule has 3 aromatic rings. The average Bonchev–Trinajstić information content (AvgIpc) is 3.61. The fourth-order valence-electron chi connectivity index (χ4n) is 4.26. The van der Waals surface area contributed by atoms with Crippen molar-refractivity contribution in [2.24, 2.45) is 11.8 Å². The number of carbonyl (C=O) groups excluding carboxylic acids is 1. The summed E-state index contributed by atoms with van der Waals surface area (Å²) < 4.78 is 5.61. The molecule has 1 saturated carbocycles. The molecule has 2 aliphatic rings. The Balaban J connectivity index is 1.37. The number of morpholine rings is 1.